The molecule has 0 spiro atoms. The SMILES string of the molecule is Cc1ccc(C2(CBr)CCCCC2)cc1. The van der Waals surface area contributed by atoms with Crippen molar-refractivity contribution in [3.63, 3.8) is 0 Å². The van der Waals surface area contributed by atoms with E-state index in [-0.39, 0.29) is 0 Å². The Morgan fingerprint density at radius 3 is 2.20 bits per heavy atom. The predicted molar refractivity (Wildman–Crippen MR) is 69.7 cm³/mol. The van der Waals surface area contributed by atoms with Gasteiger partial charge in [-0.15, -0.1) is 0 Å². The fraction of sp³-hybridized carbons (Fsp3) is 0.571. The second-order valence-electron chi connectivity index (χ2n) is 4.84. The standard InChI is InChI=1S/C14H19Br/c1-12-5-7-13(8-6-12)14(11-15)9-3-2-4-10-14/h5-8H,2-4,9-11H2,1H3. The molecule has 0 amide bonds. The molecule has 0 bridgehead atoms. The molecule has 0 heterocycles. The summed E-state index contributed by atoms with van der Waals surface area (Å²) in [6, 6.07) is 9.13. The van der Waals surface area contributed by atoms with Crippen LogP contribution in [0.5, 0.6) is 0 Å². The van der Waals surface area contributed by atoms with Crippen LogP contribution < -0.4 is 0 Å². The molecule has 1 fully saturated rings. The normalized spacial score (nSPS) is 20.1. The van der Waals surface area contributed by atoms with E-state index in [1.165, 1.54) is 43.2 Å². The first-order valence-corrected chi connectivity index (χ1v) is 7.02. The van der Waals surface area contributed by atoms with Crippen molar-refractivity contribution in [2.24, 2.45) is 0 Å². The lowest BCUT2D eigenvalue weighted by molar-refractivity contribution is 0.327. The molecule has 2 rings (SSSR count). The lowest BCUT2D eigenvalue weighted by Crippen LogP contribution is -2.30. The zero-order chi connectivity index (χ0) is 10.7. The van der Waals surface area contributed by atoms with E-state index < -0.39 is 0 Å². The maximum absolute atomic E-state index is 3.72. The van der Waals surface area contributed by atoms with E-state index in [2.05, 4.69) is 47.1 Å². The highest BCUT2D eigenvalue weighted by molar-refractivity contribution is 9.09. The zero-order valence-corrected chi connectivity index (χ0v) is 11.0. The summed E-state index contributed by atoms with van der Waals surface area (Å²) in [4.78, 5) is 0. The zero-order valence-electron chi connectivity index (χ0n) is 9.43. The van der Waals surface area contributed by atoms with Crippen LogP contribution in [0.2, 0.25) is 0 Å². The summed E-state index contributed by atoms with van der Waals surface area (Å²) in [7, 11) is 0. The fourth-order valence-corrected chi connectivity index (χ4v) is 3.52. The Kier molecular flexibility index (Phi) is 3.50. The highest BCUT2D eigenvalue weighted by atomic mass is 79.9. The minimum absolute atomic E-state index is 0.423. The Balaban J connectivity index is 2.28. The highest BCUT2D eigenvalue weighted by Crippen LogP contribution is 2.40. The molecule has 0 N–H and O–H groups in total. The molecule has 1 aliphatic carbocycles. The smallest absolute Gasteiger partial charge is 0.0129 e. The molecule has 1 aromatic carbocycles. The molecule has 1 heteroatoms. The van der Waals surface area contributed by atoms with Crippen molar-refractivity contribution >= 4 is 15.9 Å². The third kappa shape index (κ3) is 2.28. The molecule has 0 saturated heterocycles. The van der Waals surface area contributed by atoms with E-state index in [1.807, 2.05) is 0 Å². The van der Waals surface area contributed by atoms with Gasteiger partial charge in [0.25, 0.3) is 0 Å². The summed E-state index contributed by atoms with van der Waals surface area (Å²) in [6.07, 6.45) is 6.89. The van der Waals surface area contributed by atoms with Crippen LogP contribution in [0, 0.1) is 6.92 Å². The molecule has 82 valence electrons. The fourth-order valence-electron chi connectivity index (χ4n) is 2.64. The van der Waals surface area contributed by atoms with Crippen molar-refractivity contribution in [1.82, 2.24) is 0 Å². The number of hydrogen-bond acceptors (Lipinski definition) is 0. The molecular weight excluding hydrogens is 248 g/mol. The predicted octanol–water partition coefficient (Wildman–Crippen LogP) is 4.59. The van der Waals surface area contributed by atoms with Crippen LogP contribution in [0.4, 0.5) is 0 Å². The van der Waals surface area contributed by atoms with Gasteiger partial charge in [0, 0.05) is 10.7 Å². The van der Waals surface area contributed by atoms with Gasteiger partial charge in [-0.3, -0.25) is 0 Å². The third-order valence-electron chi connectivity index (χ3n) is 3.73. The maximum Gasteiger partial charge on any atom is 0.0129 e. The van der Waals surface area contributed by atoms with Crippen LogP contribution in [0.15, 0.2) is 24.3 Å². The van der Waals surface area contributed by atoms with Gasteiger partial charge in [0.15, 0.2) is 0 Å². The molecule has 0 nitrogen and oxygen atoms in total. The van der Waals surface area contributed by atoms with Crippen LogP contribution in [0.1, 0.15) is 43.2 Å². The Hall–Kier alpha value is -0.300. The van der Waals surface area contributed by atoms with Gasteiger partial charge in [0.1, 0.15) is 0 Å². The van der Waals surface area contributed by atoms with Crippen LogP contribution in [-0.4, -0.2) is 5.33 Å². The van der Waals surface area contributed by atoms with Crippen molar-refractivity contribution in [2.75, 3.05) is 5.33 Å². The van der Waals surface area contributed by atoms with Crippen molar-refractivity contribution in [1.29, 1.82) is 0 Å². The summed E-state index contributed by atoms with van der Waals surface area (Å²) >= 11 is 3.72. The quantitative estimate of drug-likeness (QED) is 0.687. The minimum atomic E-state index is 0.423. The average Bonchev–Trinajstić information content (AvgIpc) is 2.31. The topological polar surface area (TPSA) is 0 Å². The molecule has 0 radical (unpaired) electrons. The summed E-state index contributed by atoms with van der Waals surface area (Å²) in [5.74, 6) is 0. The summed E-state index contributed by atoms with van der Waals surface area (Å²) in [6.45, 7) is 2.16. The van der Waals surface area contributed by atoms with Crippen molar-refractivity contribution in [3.8, 4) is 0 Å². The van der Waals surface area contributed by atoms with Gasteiger partial charge < -0.3 is 0 Å². The molecule has 0 aliphatic heterocycles. The Morgan fingerprint density at radius 1 is 1.07 bits per heavy atom. The van der Waals surface area contributed by atoms with E-state index in [4.69, 9.17) is 0 Å². The highest BCUT2D eigenvalue weighted by Gasteiger charge is 2.32. The number of alkyl halides is 1. The van der Waals surface area contributed by atoms with Gasteiger partial charge in [0.2, 0.25) is 0 Å². The summed E-state index contributed by atoms with van der Waals surface area (Å²) in [5.41, 5.74) is 3.32. The molecule has 0 atom stereocenters. The Morgan fingerprint density at radius 2 is 1.67 bits per heavy atom. The second kappa shape index (κ2) is 4.69. The molecule has 15 heavy (non-hydrogen) atoms. The molecule has 0 unspecified atom stereocenters. The van der Waals surface area contributed by atoms with Gasteiger partial charge in [-0.2, -0.15) is 0 Å². The van der Waals surface area contributed by atoms with Gasteiger partial charge in [0.05, 0.1) is 0 Å². The van der Waals surface area contributed by atoms with Crippen LogP contribution in [0.25, 0.3) is 0 Å². The van der Waals surface area contributed by atoms with Crippen LogP contribution in [0.3, 0.4) is 0 Å². The first-order chi connectivity index (χ1) is 7.27. The van der Waals surface area contributed by atoms with E-state index in [9.17, 15) is 0 Å². The molecule has 1 saturated carbocycles. The van der Waals surface area contributed by atoms with E-state index in [0.29, 0.717) is 5.41 Å². The van der Waals surface area contributed by atoms with E-state index >= 15 is 0 Å². The van der Waals surface area contributed by atoms with E-state index in [0.717, 1.165) is 5.33 Å². The number of benzene rings is 1. The second-order valence-corrected chi connectivity index (χ2v) is 5.40. The molecular formula is C14H19Br. The number of aryl methyl sites for hydroxylation is 1. The number of hydrogen-bond donors (Lipinski definition) is 0. The van der Waals surface area contributed by atoms with Gasteiger partial charge >= 0.3 is 0 Å². The Labute approximate surface area is 101 Å². The van der Waals surface area contributed by atoms with Crippen molar-refractivity contribution in [3.05, 3.63) is 35.4 Å². The van der Waals surface area contributed by atoms with Crippen LogP contribution >= 0.6 is 15.9 Å². The lowest BCUT2D eigenvalue weighted by Gasteiger charge is -2.36. The summed E-state index contributed by atoms with van der Waals surface area (Å²) < 4.78 is 0. The van der Waals surface area contributed by atoms with Gasteiger partial charge in [-0.05, 0) is 25.3 Å². The van der Waals surface area contributed by atoms with Crippen molar-refractivity contribution in [2.45, 2.75) is 44.4 Å². The molecule has 0 aromatic heterocycles. The van der Waals surface area contributed by atoms with Gasteiger partial charge in [-0.1, -0.05) is 65.0 Å². The molecule has 1 aliphatic rings. The lowest BCUT2D eigenvalue weighted by atomic mass is 9.71. The minimum Gasteiger partial charge on any atom is -0.0918 e. The van der Waals surface area contributed by atoms with Crippen molar-refractivity contribution < 1.29 is 0 Å². The first-order valence-electron chi connectivity index (χ1n) is 5.90. The van der Waals surface area contributed by atoms with Crippen LogP contribution in [-0.2, 0) is 5.41 Å². The largest absolute Gasteiger partial charge is 0.0918 e. The number of rotatable bonds is 2. The third-order valence-corrected chi connectivity index (χ3v) is 4.80. The average molecular weight is 267 g/mol. The molecule has 1 aromatic rings. The maximum atomic E-state index is 3.72. The monoisotopic (exact) mass is 266 g/mol. The Bertz CT molecular complexity index is 307. The van der Waals surface area contributed by atoms with E-state index in [1.54, 1.807) is 0 Å². The summed E-state index contributed by atoms with van der Waals surface area (Å²) in [5, 5.41) is 1.11. The van der Waals surface area contributed by atoms with Gasteiger partial charge in [-0.25, -0.2) is 0 Å². The first kappa shape index (κ1) is 11.2. The number of halogens is 1.